The molecule has 8 nitrogen and oxygen atoms in total. The summed E-state index contributed by atoms with van der Waals surface area (Å²) in [6, 6.07) is 9.22. The first-order valence-electron chi connectivity index (χ1n) is 11.5. The van der Waals surface area contributed by atoms with Gasteiger partial charge in [-0.15, -0.1) is 0 Å². The molecular weight excluding hydrogens is 439 g/mol. The number of pyridine rings is 2. The van der Waals surface area contributed by atoms with Crippen molar-refractivity contribution in [3.05, 3.63) is 58.3 Å². The molecule has 0 spiro atoms. The summed E-state index contributed by atoms with van der Waals surface area (Å²) < 4.78 is 27.2. The Balaban J connectivity index is 1.15. The molecule has 1 amide bonds. The van der Waals surface area contributed by atoms with E-state index in [9.17, 15) is 14.0 Å². The second-order valence-electron chi connectivity index (χ2n) is 8.98. The van der Waals surface area contributed by atoms with Crippen molar-refractivity contribution in [2.45, 2.75) is 38.3 Å². The number of benzene rings is 1. The number of nitrogens with one attached hydrogen (secondary N) is 2. The molecule has 2 N–H and O–H groups in total. The molecule has 1 aromatic carbocycles. The number of carbonyl (C=O) groups excluding carboxylic acids is 1. The lowest BCUT2D eigenvalue weighted by Gasteiger charge is -2.29. The van der Waals surface area contributed by atoms with Crippen LogP contribution >= 0.6 is 0 Å². The fraction of sp³-hybridized carbons (Fsp3) is 0.400. The van der Waals surface area contributed by atoms with Crippen LogP contribution in [0.2, 0.25) is 0 Å². The number of hydrogen-bond donors (Lipinski definition) is 2. The molecule has 1 aliphatic heterocycles. The number of hydrogen-bond acceptors (Lipinski definition) is 6. The molecule has 1 fully saturated rings. The van der Waals surface area contributed by atoms with E-state index in [1.165, 1.54) is 10.6 Å². The molecule has 0 radical (unpaired) electrons. The molecule has 0 bridgehead atoms. The molecule has 3 aromatic rings. The zero-order chi connectivity index (χ0) is 23.7. The van der Waals surface area contributed by atoms with Gasteiger partial charge in [0.2, 0.25) is 0 Å². The van der Waals surface area contributed by atoms with E-state index in [-0.39, 0.29) is 23.8 Å². The highest BCUT2D eigenvalue weighted by Crippen LogP contribution is 2.31. The third kappa shape index (κ3) is 4.61. The van der Waals surface area contributed by atoms with Gasteiger partial charge in [-0.25, -0.2) is 4.39 Å². The third-order valence-electron chi connectivity index (χ3n) is 6.62. The summed E-state index contributed by atoms with van der Waals surface area (Å²) in [7, 11) is 1.60. The van der Waals surface area contributed by atoms with Crippen molar-refractivity contribution in [2.24, 2.45) is 13.0 Å². The Hall–Kier alpha value is -3.46. The molecule has 178 valence electrons. The van der Waals surface area contributed by atoms with E-state index in [1.54, 1.807) is 13.1 Å². The lowest BCUT2D eigenvalue weighted by atomic mass is 9.86. The van der Waals surface area contributed by atoms with Crippen LogP contribution in [0.4, 0.5) is 10.1 Å². The van der Waals surface area contributed by atoms with E-state index in [1.807, 2.05) is 18.2 Å². The zero-order valence-electron chi connectivity index (χ0n) is 19.0. The van der Waals surface area contributed by atoms with Gasteiger partial charge in [-0.05, 0) is 55.4 Å². The molecule has 3 heterocycles. The van der Waals surface area contributed by atoms with Crippen molar-refractivity contribution in [1.29, 1.82) is 0 Å². The topological polar surface area (TPSA) is 94.5 Å². The van der Waals surface area contributed by atoms with Crippen LogP contribution in [0.25, 0.3) is 11.0 Å². The largest absolute Gasteiger partial charge is 0.488 e. The summed E-state index contributed by atoms with van der Waals surface area (Å²) in [6.45, 7) is 1.16. The number of amides is 1. The highest BCUT2D eigenvalue weighted by Gasteiger charge is 2.23. The van der Waals surface area contributed by atoms with Gasteiger partial charge < -0.3 is 24.7 Å². The smallest absolute Gasteiger partial charge is 0.262 e. The maximum atomic E-state index is 14.5. The van der Waals surface area contributed by atoms with Crippen molar-refractivity contribution >= 4 is 22.6 Å². The normalized spacial score (nSPS) is 19.9. The Morgan fingerprint density at radius 2 is 2.03 bits per heavy atom. The van der Waals surface area contributed by atoms with Crippen LogP contribution in [0.3, 0.4) is 0 Å². The second-order valence-corrected chi connectivity index (χ2v) is 8.98. The summed E-state index contributed by atoms with van der Waals surface area (Å²) >= 11 is 0. The summed E-state index contributed by atoms with van der Waals surface area (Å²) in [5.41, 5.74) is 2.48. The number of halogens is 1. The fourth-order valence-electron chi connectivity index (χ4n) is 4.67. The van der Waals surface area contributed by atoms with Crippen molar-refractivity contribution in [3.63, 3.8) is 0 Å². The number of anilines is 1. The number of aryl methyl sites for hydroxylation is 1. The van der Waals surface area contributed by atoms with Gasteiger partial charge in [0.25, 0.3) is 11.5 Å². The summed E-state index contributed by atoms with van der Waals surface area (Å²) in [6.07, 6.45) is 5.07. The van der Waals surface area contributed by atoms with Crippen LogP contribution in [0.1, 0.15) is 31.2 Å². The Kier molecular flexibility index (Phi) is 6.19. The monoisotopic (exact) mass is 466 g/mol. The molecule has 0 saturated heterocycles. The van der Waals surface area contributed by atoms with Gasteiger partial charge in [0.15, 0.2) is 18.2 Å². The Bertz CT molecular complexity index is 1280. The minimum atomic E-state index is -0.560. The van der Waals surface area contributed by atoms with Gasteiger partial charge in [0, 0.05) is 25.7 Å². The average molecular weight is 467 g/mol. The highest BCUT2D eigenvalue weighted by molar-refractivity contribution is 5.95. The number of rotatable bonds is 6. The van der Waals surface area contributed by atoms with Crippen molar-refractivity contribution in [2.75, 3.05) is 18.5 Å². The van der Waals surface area contributed by atoms with E-state index in [0.717, 1.165) is 37.4 Å². The van der Waals surface area contributed by atoms with Gasteiger partial charge >= 0.3 is 0 Å². The third-order valence-corrected chi connectivity index (χ3v) is 6.62. The molecule has 9 heteroatoms. The van der Waals surface area contributed by atoms with Crippen LogP contribution in [0, 0.1) is 11.7 Å². The molecule has 5 rings (SSSR count). The molecule has 34 heavy (non-hydrogen) atoms. The van der Waals surface area contributed by atoms with Crippen LogP contribution in [-0.2, 0) is 18.4 Å². The Morgan fingerprint density at radius 3 is 2.85 bits per heavy atom. The maximum absolute atomic E-state index is 14.5. The van der Waals surface area contributed by atoms with Crippen LogP contribution in [0.15, 0.2) is 41.3 Å². The predicted octanol–water partition coefficient (Wildman–Crippen LogP) is 3.13. The van der Waals surface area contributed by atoms with Crippen molar-refractivity contribution in [1.82, 2.24) is 14.9 Å². The van der Waals surface area contributed by atoms with E-state index in [2.05, 4.69) is 15.6 Å². The van der Waals surface area contributed by atoms with Gasteiger partial charge in [0.05, 0.1) is 24.0 Å². The second kappa shape index (κ2) is 9.42. The van der Waals surface area contributed by atoms with Crippen LogP contribution in [-0.4, -0.2) is 34.7 Å². The molecular formula is C25H27FN4O4. The van der Waals surface area contributed by atoms with Crippen molar-refractivity contribution in [3.8, 4) is 11.5 Å². The van der Waals surface area contributed by atoms with Crippen LogP contribution in [0.5, 0.6) is 11.5 Å². The fourth-order valence-corrected chi connectivity index (χ4v) is 4.67. The summed E-state index contributed by atoms with van der Waals surface area (Å²) in [5, 5.41) is 6.43. The number of fused-ring (bicyclic) bond motifs is 2. The zero-order valence-corrected chi connectivity index (χ0v) is 19.0. The average Bonchev–Trinajstić information content (AvgIpc) is 2.85. The first kappa shape index (κ1) is 22.3. The molecule has 0 atom stereocenters. The molecule has 1 saturated carbocycles. The summed E-state index contributed by atoms with van der Waals surface area (Å²) in [5.74, 6) is 0.407. The Morgan fingerprint density at radius 1 is 1.21 bits per heavy atom. The van der Waals surface area contributed by atoms with Gasteiger partial charge in [-0.1, -0.05) is 6.07 Å². The number of nitrogens with zero attached hydrogens (tertiary/aromatic N) is 2. The molecule has 2 aromatic heterocycles. The summed E-state index contributed by atoms with van der Waals surface area (Å²) in [4.78, 5) is 27.6. The van der Waals surface area contributed by atoms with Gasteiger partial charge in [-0.2, -0.15) is 0 Å². The lowest BCUT2D eigenvalue weighted by Crippen LogP contribution is -2.34. The first-order valence-corrected chi connectivity index (χ1v) is 11.5. The minimum Gasteiger partial charge on any atom is -0.488 e. The number of aromatic nitrogens is 2. The van der Waals surface area contributed by atoms with Gasteiger partial charge in [0.1, 0.15) is 11.3 Å². The van der Waals surface area contributed by atoms with E-state index >= 15 is 0 Å². The van der Waals surface area contributed by atoms with E-state index in [4.69, 9.17) is 9.47 Å². The number of ether oxygens (including phenoxy) is 2. The van der Waals surface area contributed by atoms with E-state index < -0.39 is 5.82 Å². The molecule has 2 aliphatic rings. The van der Waals surface area contributed by atoms with Crippen LogP contribution < -0.4 is 25.7 Å². The first-order chi connectivity index (χ1) is 16.5. The quantitative estimate of drug-likeness (QED) is 0.580. The van der Waals surface area contributed by atoms with Gasteiger partial charge in [-0.3, -0.25) is 14.6 Å². The number of carbonyl (C=O) groups is 1. The Labute approximate surface area is 196 Å². The molecule has 0 unspecified atom stereocenters. The standard InChI is InChI=1S/C25H27FN4O4/c1-30-23(32)9-7-19-24(30)25(18(26)12-28-19)34-13-15-2-5-17(6-3-15)27-11-16-4-8-21-20(10-16)29-22(31)14-33-21/h4,7-10,12,15,17,27H,2-3,5-6,11,13-14H2,1H3,(H,29,31). The SMILES string of the molecule is Cn1c(=O)ccc2ncc(F)c(OCC3CCC(NCc4ccc5c(c4)NC(=O)CO5)CC3)c21. The molecule has 1 aliphatic carbocycles. The minimum absolute atomic E-state index is 0.0553. The highest BCUT2D eigenvalue weighted by atomic mass is 19.1. The van der Waals surface area contributed by atoms with Crippen molar-refractivity contribution < 1.29 is 18.7 Å². The van der Waals surface area contributed by atoms with E-state index in [0.29, 0.717) is 47.6 Å². The lowest BCUT2D eigenvalue weighted by molar-refractivity contribution is -0.118. The maximum Gasteiger partial charge on any atom is 0.262 e. The predicted molar refractivity (Wildman–Crippen MR) is 126 cm³/mol.